The Labute approximate surface area is 206 Å². The van der Waals surface area contributed by atoms with Gasteiger partial charge in [0.1, 0.15) is 55.9 Å². The summed E-state index contributed by atoms with van der Waals surface area (Å²) >= 11 is 0. The van der Waals surface area contributed by atoms with Crippen molar-refractivity contribution in [3.63, 3.8) is 0 Å². The van der Waals surface area contributed by atoms with Crippen LogP contribution in [0.1, 0.15) is 17.3 Å². The molecule has 3 radical (unpaired) electrons. The van der Waals surface area contributed by atoms with Gasteiger partial charge in [0.05, 0.1) is 0 Å². The summed E-state index contributed by atoms with van der Waals surface area (Å²) in [6.45, 7) is 0.695. The fourth-order valence-corrected chi connectivity index (χ4v) is 1.99. The third-order valence-corrected chi connectivity index (χ3v) is 3.46. The fraction of sp³-hybridized carbons (Fsp3) is 0.286. The topological polar surface area (TPSA) is 179 Å². The van der Waals surface area contributed by atoms with Crippen molar-refractivity contribution in [1.82, 2.24) is 0 Å². The van der Waals surface area contributed by atoms with Crippen molar-refractivity contribution >= 4 is 19.8 Å². The Bertz CT molecular complexity index is 1020. The van der Waals surface area contributed by atoms with Gasteiger partial charge >= 0.3 is 0 Å². The number of rotatable bonds is 6. The van der Waals surface area contributed by atoms with Crippen LogP contribution >= 0.6 is 0 Å². The van der Waals surface area contributed by atoms with E-state index in [4.69, 9.17) is 42.8 Å². The molecule has 0 amide bonds. The summed E-state index contributed by atoms with van der Waals surface area (Å²) in [7, 11) is 4.48. The number of hydrogen-bond donors (Lipinski definition) is 3. The predicted molar refractivity (Wildman–Crippen MR) is 118 cm³/mol. The minimum Gasteiger partial charge on any atom is -0.502 e. The van der Waals surface area contributed by atoms with Crippen molar-refractivity contribution in [3.8, 4) is 17.2 Å². The maximum absolute atomic E-state index is 10.7. The zero-order chi connectivity index (χ0) is 24.8. The normalized spacial score (nSPS) is 9.62. The summed E-state index contributed by atoms with van der Waals surface area (Å²) < 4.78 is 28.5. The molecule has 34 heavy (non-hydrogen) atoms. The molecule has 0 aromatic carbocycles. The van der Waals surface area contributed by atoms with E-state index < -0.39 is 16.3 Å². The van der Waals surface area contributed by atoms with Gasteiger partial charge in [-0.1, -0.05) is 0 Å². The molecular weight excluding hydrogens is 514 g/mol. The minimum absolute atomic E-state index is 0. The molecule has 12 nitrogen and oxygen atoms in total. The van der Waals surface area contributed by atoms with E-state index in [1.807, 2.05) is 0 Å². The smallest absolute Gasteiger partial charge is 0.226 e. The van der Waals surface area contributed by atoms with Crippen LogP contribution in [0.2, 0.25) is 0 Å². The molecule has 0 unspecified atom stereocenters. The number of aromatic hydroxyl groups is 3. The average molecular weight is 538 g/mol. The standard InChI is InChI=1S/3C7H8O4.Ga/c3*1-10-3-5-2-6(8)7(9)4-11-5;/h3*2,4,9H,3H2,1H3;. The molecule has 3 aromatic heterocycles. The molecule has 0 fully saturated rings. The van der Waals surface area contributed by atoms with Gasteiger partial charge in [-0.05, 0) is 0 Å². The van der Waals surface area contributed by atoms with E-state index in [2.05, 4.69) is 0 Å². The summed E-state index contributed by atoms with van der Waals surface area (Å²) in [4.78, 5) is 32.2. The van der Waals surface area contributed by atoms with Crippen molar-refractivity contribution in [2.24, 2.45) is 0 Å². The van der Waals surface area contributed by atoms with Gasteiger partial charge in [0.25, 0.3) is 0 Å². The van der Waals surface area contributed by atoms with Crippen LogP contribution in [0.15, 0.2) is 64.6 Å². The Morgan fingerprint density at radius 3 is 1.00 bits per heavy atom. The van der Waals surface area contributed by atoms with Crippen LogP contribution in [-0.2, 0) is 34.0 Å². The first-order valence-electron chi connectivity index (χ1n) is 9.10. The first-order valence-corrected chi connectivity index (χ1v) is 9.10. The van der Waals surface area contributed by atoms with Gasteiger partial charge in [0, 0.05) is 59.3 Å². The molecule has 0 spiro atoms. The third-order valence-electron chi connectivity index (χ3n) is 3.46. The zero-order valence-electron chi connectivity index (χ0n) is 18.7. The first kappa shape index (κ1) is 30.8. The number of ether oxygens (including phenoxy) is 3. The average Bonchev–Trinajstić information content (AvgIpc) is 2.78. The Morgan fingerprint density at radius 2 is 0.824 bits per heavy atom. The second kappa shape index (κ2) is 16.4. The van der Waals surface area contributed by atoms with Crippen molar-refractivity contribution < 1.29 is 42.8 Å². The number of methoxy groups -OCH3 is 3. The summed E-state index contributed by atoms with van der Waals surface area (Å²) in [6, 6.07) is 3.58. The maximum Gasteiger partial charge on any atom is 0.226 e. The van der Waals surface area contributed by atoms with Crippen LogP contribution in [-0.4, -0.2) is 56.4 Å². The summed E-state index contributed by atoms with van der Waals surface area (Å²) in [5.74, 6) is 0.0421. The Balaban J connectivity index is 0.000000473. The Hall–Kier alpha value is -3.23. The molecule has 3 rings (SSSR count). The molecule has 0 aliphatic heterocycles. The predicted octanol–water partition coefficient (Wildman–Crippen LogP) is 1.09. The summed E-state index contributed by atoms with van der Waals surface area (Å²) in [5, 5.41) is 26.3. The fourth-order valence-electron chi connectivity index (χ4n) is 1.99. The Kier molecular flexibility index (Phi) is 14.8. The molecule has 0 saturated carbocycles. The minimum atomic E-state index is -0.455. The van der Waals surface area contributed by atoms with Gasteiger partial charge in [-0.25, -0.2) is 0 Å². The Morgan fingerprint density at radius 1 is 0.588 bits per heavy atom. The van der Waals surface area contributed by atoms with E-state index in [1.165, 1.54) is 39.5 Å². The summed E-state index contributed by atoms with van der Waals surface area (Å²) in [6.07, 6.45) is 2.99. The zero-order valence-corrected chi connectivity index (χ0v) is 21.1. The third kappa shape index (κ3) is 11.1. The van der Waals surface area contributed by atoms with E-state index in [0.29, 0.717) is 17.3 Å². The quantitative estimate of drug-likeness (QED) is 0.381. The van der Waals surface area contributed by atoms with Crippen LogP contribution in [0.4, 0.5) is 0 Å². The molecule has 3 aromatic rings. The van der Waals surface area contributed by atoms with Crippen molar-refractivity contribution in [2.45, 2.75) is 19.8 Å². The van der Waals surface area contributed by atoms with Crippen LogP contribution in [0.3, 0.4) is 0 Å². The van der Waals surface area contributed by atoms with Gasteiger partial charge in [0.15, 0.2) is 17.2 Å². The first-order chi connectivity index (χ1) is 15.7. The van der Waals surface area contributed by atoms with E-state index in [9.17, 15) is 14.4 Å². The monoisotopic (exact) mass is 537 g/mol. The largest absolute Gasteiger partial charge is 0.502 e. The maximum atomic E-state index is 10.7. The molecule has 0 aliphatic carbocycles. The van der Waals surface area contributed by atoms with Crippen LogP contribution in [0.5, 0.6) is 17.2 Å². The summed E-state index contributed by atoms with van der Waals surface area (Å²) in [5.41, 5.74) is -1.37. The van der Waals surface area contributed by atoms with Gasteiger partial charge < -0.3 is 42.8 Å². The van der Waals surface area contributed by atoms with E-state index in [-0.39, 0.29) is 56.9 Å². The van der Waals surface area contributed by atoms with Gasteiger partial charge in [-0.2, -0.15) is 0 Å². The van der Waals surface area contributed by atoms with Gasteiger partial charge in [-0.3, -0.25) is 14.4 Å². The van der Waals surface area contributed by atoms with Crippen LogP contribution < -0.4 is 16.3 Å². The molecule has 13 heteroatoms. The van der Waals surface area contributed by atoms with Crippen molar-refractivity contribution in [3.05, 3.63) is 84.9 Å². The second-order valence-electron chi connectivity index (χ2n) is 6.09. The van der Waals surface area contributed by atoms with Crippen LogP contribution in [0, 0.1) is 0 Å². The molecule has 0 aliphatic rings. The number of hydrogen-bond acceptors (Lipinski definition) is 12. The van der Waals surface area contributed by atoms with Gasteiger partial charge in [0.2, 0.25) is 16.3 Å². The van der Waals surface area contributed by atoms with Crippen LogP contribution in [0.25, 0.3) is 0 Å². The molecular formula is C21H24GaO12. The second-order valence-corrected chi connectivity index (χ2v) is 6.09. The van der Waals surface area contributed by atoms with E-state index >= 15 is 0 Å². The SMILES string of the molecule is COCc1cc(=O)c(O)co1.COCc1cc(=O)c(O)co1.COCc1cc(=O)c(O)co1.[Ga]. The molecule has 3 N–H and O–H groups in total. The molecule has 0 bridgehead atoms. The van der Waals surface area contributed by atoms with E-state index in [0.717, 1.165) is 18.8 Å². The molecule has 0 atom stereocenters. The molecule has 0 saturated heterocycles. The van der Waals surface area contributed by atoms with Crippen molar-refractivity contribution in [1.29, 1.82) is 0 Å². The molecule has 3 heterocycles. The van der Waals surface area contributed by atoms with Crippen molar-refractivity contribution in [2.75, 3.05) is 21.3 Å². The molecule has 183 valence electrons. The van der Waals surface area contributed by atoms with E-state index in [1.54, 1.807) is 0 Å². The van der Waals surface area contributed by atoms with Gasteiger partial charge in [-0.15, -0.1) is 0 Å².